The van der Waals surface area contributed by atoms with Crippen LogP contribution in [-0.4, -0.2) is 21.5 Å². The van der Waals surface area contributed by atoms with Crippen LogP contribution in [0.25, 0.3) is 0 Å². The van der Waals surface area contributed by atoms with Gasteiger partial charge in [0, 0.05) is 19.7 Å². The van der Waals surface area contributed by atoms with Crippen LogP contribution in [0.4, 0.5) is 13.2 Å². The van der Waals surface area contributed by atoms with Crippen LogP contribution >= 0.6 is 0 Å². The zero-order valence-corrected chi connectivity index (χ0v) is 11.4. The summed E-state index contributed by atoms with van der Waals surface area (Å²) in [7, 11) is 1.76. The molecule has 0 amide bonds. The molecule has 0 saturated carbocycles. The van der Waals surface area contributed by atoms with Gasteiger partial charge < -0.3 is 9.84 Å². The second-order valence-corrected chi connectivity index (χ2v) is 4.61. The molecule has 21 heavy (non-hydrogen) atoms. The third kappa shape index (κ3) is 3.98. The van der Waals surface area contributed by atoms with Gasteiger partial charge in [0.05, 0.1) is 25.0 Å². The Kier molecular flexibility index (Phi) is 4.52. The Labute approximate surface area is 119 Å². The van der Waals surface area contributed by atoms with Crippen molar-refractivity contribution >= 4 is 0 Å². The molecule has 1 aromatic carbocycles. The monoisotopic (exact) mass is 300 g/mol. The second kappa shape index (κ2) is 6.17. The van der Waals surface area contributed by atoms with E-state index in [0.29, 0.717) is 6.42 Å². The molecule has 114 valence electrons. The Morgan fingerprint density at radius 3 is 2.62 bits per heavy atom. The van der Waals surface area contributed by atoms with E-state index in [2.05, 4.69) is 5.10 Å². The van der Waals surface area contributed by atoms with Crippen molar-refractivity contribution in [1.82, 2.24) is 9.78 Å². The number of hydrogen-bond donors (Lipinski definition) is 1. The number of hydrogen-bond acceptors (Lipinski definition) is 3. The number of rotatable bonds is 5. The summed E-state index contributed by atoms with van der Waals surface area (Å²) in [5.74, 6) is -0.233. The molecule has 0 aliphatic rings. The Hall–Kier alpha value is -2.02. The quantitative estimate of drug-likeness (QED) is 0.923. The fourth-order valence-corrected chi connectivity index (χ4v) is 1.90. The maximum Gasteiger partial charge on any atom is 0.419 e. The van der Waals surface area contributed by atoms with Crippen LogP contribution in [0, 0.1) is 0 Å². The van der Waals surface area contributed by atoms with Crippen LogP contribution in [-0.2, 0) is 26.3 Å². The average molecular weight is 300 g/mol. The minimum Gasteiger partial charge on any atom is -0.493 e. The highest BCUT2D eigenvalue weighted by molar-refractivity contribution is 5.39. The average Bonchev–Trinajstić information content (AvgIpc) is 2.83. The van der Waals surface area contributed by atoms with E-state index in [1.807, 2.05) is 0 Å². The lowest BCUT2D eigenvalue weighted by atomic mass is 10.1. The highest BCUT2D eigenvalue weighted by Gasteiger charge is 2.34. The third-order valence-corrected chi connectivity index (χ3v) is 2.94. The van der Waals surface area contributed by atoms with Crippen LogP contribution in [0.2, 0.25) is 0 Å². The topological polar surface area (TPSA) is 47.3 Å². The first-order valence-electron chi connectivity index (χ1n) is 6.31. The van der Waals surface area contributed by atoms with Crippen LogP contribution in [0.3, 0.4) is 0 Å². The Morgan fingerprint density at radius 1 is 1.29 bits per heavy atom. The Morgan fingerprint density at radius 2 is 2.05 bits per heavy atom. The van der Waals surface area contributed by atoms with E-state index in [-0.39, 0.29) is 17.9 Å². The standard InChI is InChI=1S/C14H15F3N2O2/c1-19-8-11(7-18-19)4-5-21-13-3-2-10(9-20)6-12(13)14(15,16)17/h2-3,6-8,20H,4-5,9H2,1H3. The summed E-state index contributed by atoms with van der Waals surface area (Å²) in [5.41, 5.74) is 0.209. The van der Waals surface area contributed by atoms with Crippen LogP contribution in [0.1, 0.15) is 16.7 Å². The van der Waals surface area contributed by atoms with Gasteiger partial charge in [-0.2, -0.15) is 18.3 Å². The fourth-order valence-electron chi connectivity index (χ4n) is 1.90. The lowest BCUT2D eigenvalue weighted by Gasteiger charge is -2.14. The molecule has 0 radical (unpaired) electrons. The first-order chi connectivity index (χ1) is 9.90. The summed E-state index contributed by atoms with van der Waals surface area (Å²) in [6.07, 6.45) is -0.631. The number of halogens is 3. The fraction of sp³-hybridized carbons (Fsp3) is 0.357. The molecule has 7 heteroatoms. The SMILES string of the molecule is Cn1cc(CCOc2ccc(CO)cc2C(F)(F)F)cn1. The molecular weight excluding hydrogens is 285 g/mol. The van der Waals surface area contributed by atoms with Crippen LogP contribution in [0.15, 0.2) is 30.6 Å². The van der Waals surface area contributed by atoms with E-state index >= 15 is 0 Å². The van der Waals surface area contributed by atoms with Crippen molar-refractivity contribution in [2.75, 3.05) is 6.61 Å². The van der Waals surface area contributed by atoms with Gasteiger partial charge in [0.25, 0.3) is 0 Å². The number of benzene rings is 1. The molecule has 2 rings (SSSR count). The van der Waals surface area contributed by atoms with Crippen molar-refractivity contribution in [3.05, 3.63) is 47.3 Å². The number of aliphatic hydroxyl groups is 1. The predicted octanol–water partition coefficient (Wildman–Crippen LogP) is 2.55. The molecule has 4 nitrogen and oxygen atoms in total. The van der Waals surface area contributed by atoms with Crippen LogP contribution in [0.5, 0.6) is 5.75 Å². The van der Waals surface area contributed by atoms with Crippen molar-refractivity contribution in [3.63, 3.8) is 0 Å². The summed E-state index contributed by atoms with van der Waals surface area (Å²) >= 11 is 0. The molecule has 0 fully saturated rings. The summed E-state index contributed by atoms with van der Waals surface area (Å²) in [6.45, 7) is -0.327. The molecule has 1 heterocycles. The first kappa shape index (κ1) is 15.4. The number of alkyl halides is 3. The van der Waals surface area contributed by atoms with Gasteiger partial charge in [-0.1, -0.05) is 6.07 Å². The van der Waals surface area contributed by atoms with Gasteiger partial charge in [-0.05, 0) is 23.3 Å². The molecule has 0 unspecified atom stereocenters. The molecule has 0 saturated heterocycles. The minimum absolute atomic E-state index is 0.118. The first-order valence-corrected chi connectivity index (χ1v) is 6.31. The summed E-state index contributed by atoms with van der Waals surface area (Å²) in [4.78, 5) is 0. The maximum absolute atomic E-state index is 12.9. The van der Waals surface area contributed by atoms with Gasteiger partial charge in [0.2, 0.25) is 0 Å². The Balaban J connectivity index is 2.08. The van der Waals surface area contributed by atoms with Crippen LogP contribution < -0.4 is 4.74 Å². The lowest BCUT2D eigenvalue weighted by molar-refractivity contribution is -0.139. The van der Waals surface area contributed by atoms with Gasteiger partial charge in [-0.15, -0.1) is 0 Å². The van der Waals surface area contributed by atoms with Crippen molar-refractivity contribution in [1.29, 1.82) is 0 Å². The number of ether oxygens (including phenoxy) is 1. The highest BCUT2D eigenvalue weighted by Crippen LogP contribution is 2.36. The van der Waals surface area contributed by atoms with Crippen molar-refractivity contribution < 1.29 is 23.0 Å². The number of nitrogens with zero attached hydrogens (tertiary/aromatic N) is 2. The second-order valence-electron chi connectivity index (χ2n) is 4.61. The third-order valence-electron chi connectivity index (χ3n) is 2.94. The van der Waals surface area contributed by atoms with E-state index in [0.717, 1.165) is 11.6 Å². The summed E-state index contributed by atoms with van der Waals surface area (Å²) < 4.78 is 45.7. The van der Waals surface area contributed by atoms with E-state index in [1.54, 1.807) is 24.1 Å². The van der Waals surface area contributed by atoms with Crippen molar-refractivity contribution in [3.8, 4) is 5.75 Å². The molecule has 0 spiro atoms. The van der Waals surface area contributed by atoms with Gasteiger partial charge >= 0.3 is 6.18 Å². The molecule has 0 atom stereocenters. The molecule has 0 bridgehead atoms. The lowest BCUT2D eigenvalue weighted by Crippen LogP contribution is -2.11. The smallest absolute Gasteiger partial charge is 0.419 e. The molecule has 1 aromatic heterocycles. The van der Waals surface area contributed by atoms with E-state index in [9.17, 15) is 13.2 Å². The zero-order chi connectivity index (χ0) is 15.5. The van der Waals surface area contributed by atoms with Crippen molar-refractivity contribution in [2.24, 2.45) is 7.05 Å². The van der Waals surface area contributed by atoms with E-state index in [4.69, 9.17) is 9.84 Å². The van der Waals surface area contributed by atoms with Gasteiger partial charge in [0.1, 0.15) is 5.75 Å². The summed E-state index contributed by atoms with van der Waals surface area (Å²) in [5, 5.41) is 12.9. The Bertz CT molecular complexity index is 609. The van der Waals surface area contributed by atoms with E-state index in [1.165, 1.54) is 12.1 Å². The molecule has 0 aliphatic carbocycles. The molecule has 2 aromatic rings. The minimum atomic E-state index is -4.52. The molecule has 1 N–H and O–H groups in total. The van der Waals surface area contributed by atoms with Gasteiger partial charge in [-0.25, -0.2) is 0 Å². The molecular formula is C14H15F3N2O2. The predicted molar refractivity (Wildman–Crippen MR) is 69.8 cm³/mol. The number of aliphatic hydroxyl groups excluding tert-OH is 1. The summed E-state index contributed by atoms with van der Waals surface area (Å²) in [6, 6.07) is 3.55. The molecule has 0 aliphatic heterocycles. The zero-order valence-electron chi connectivity index (χ0n) is 11.4. The number of aryl methyl sites for hydroxylation is 1. The highest BCUT2D eigenvalue weighted by atomic mass is 19.4. The maximum atomic E-state index is 12.9. The normalized spacial score (nSPS) is 11.7. The van der Waals surface area contributed by atoms with Gasteiger partial charge in [-0.3, -0.25) is 4.68 Å². The van der Waals surface area contributed by atoms with Crippen molar-refractivity contribution in [2.45, 2.75) is 19.2 Å². The number of aromatic nitrogens is 2. The van der Waals surface area contributed by atoms with Gasteiger partial charge in [0.15, 0.2) is 0 Å². The largest absolute Gasteiger partial charge is 0.493 e. The van der Waals surface area contributed by atoms with E-state index < -0.39 is 18.3 Å².